The standard InChI is InChI=1S/C21H29N7O2/c1-14-18(16-4-5-17(22)23-15(16)2)25-26-19(14)24-20(27(3)13-29)28-9-6-21(7-10-28)8-11-30-12-21/h4-5,13H,6-12H2,1-3H3,(H2,22,23)(H,25,26)/b24-20+. The van der Waals surface area contributed by atoms with Crippen LogP contribution in [0.4, 0.5) is 11.6 Å². The molecule has 4 rings (SSSR count). The lowest BCUT2D eigenvalue weighted by Gasteiger charge is -2.40. The molecular formula is C21H29N7O2. The molecule has 0 bridgehead atoms. The fraction of sp³-hybridized carbons (Fsp3) is 0.524. The Balaban J connectivity index is 1.62. The van der Waals surface area contributed by atoms with Crippen LogP contribution in [-0.4, -0.2) is 70.7 Å². The molecular weight excluding hydrogens is 382 g/mol. The fourth-order valence-electron chi connectivity index (χ4n) is 4.34. The first-order valence-corrected chi connectivity index (χ1v) is 10.3. The zero-order chi connectivity index (χ0) is 21.3. The van der Waals surface area contributed by atoms with E-state index in [1.54, 1.807) is 13.1 Å². The van der Waals surface area contributed by atoms with Gasteiger partial charge in [0.25, 0.3) is 0 Å². The molecule has 0 saturated carbocycles. The molecule has 2 saturated heterocycles. The summed E-state index contributed by atoms with van der Waals surface area (Å²) < 4.78 is 5.63. The summed E-state index contributed by atoms with van der Waals surface area (Å²) in [7, 11) is 1.73. The molecule has 2 aromatic heterocycles. The van der Waals surface area contributed by atoms with E-state index in [0.717, 1.165) is 74.5 Å². The number of hydrogen-bond donors (Lipinski definition) is 2. The van der Waals surface area contributed by atoms with E-state index in [1.165, 1.54) is 4.90 Å². The maximum Gasteiger partial charge on any atom is 0.216 e. The predicted molar refractivity (Wildman–Crippen MR) is 115 cm³/mol. The Kier molecular flexibility index (Phi) is 5.46. The molecule has 30 heavy (non-hydrogen) atoms. The number of hydrogen-bond acceptors (Lipinski definition) is 6. The van der Waals surface area contributed by atoms with E-state index in [4.69, 9.17) is 15.5 Å². The van der Waals surface area contributed by atoms with Crippen LogP contribution in [0.5, 0.6) is 0 Å². The second-order valence-corrected chi connectivity index (χ2v) is 8.33. The smallest absolute Gasteiger partial charge is 0.216 e. The van der Waals surface area contributed by atoms with Crippen molar-refractivity contribution in [1.82, 2.24) is 25.0 Å². The van der Waals surface area contributed by atoms with Crippen LogP contribution in [0, 0.1) is 19.3 Å². The van der Waals surface area contributed by atoms with Crippen LogP contribution >= 0.6 is 0 Å². The largest absolute Gasteiger partial charge is 0.384 e. The van der Waals surface area contributed by atoms with Crippen LogP contribution in [0.15, 0.2) is 17.1 Å². The van der Waals surface area contributed by atoms with Gasteiger partial charge < -0.3 is 15.4 Å². The number of guanidine groups is 1. The normalized spacial score (nSPS) is 18.8. The Morgan fingerprint density at radius 1 is 1.33 bits per heavy atom. The first kappa shape index (κ1) is 20.3. The van der Waals surface area contributed by atoms with E-state index in [-0.39, 0.29) is 5.41 Å². The van der Waals surface area contributed by atoms with Gasteiger partial charge in [-0.2, -0.15) is 10.1 Å². The summed E-state index contributed by atoms with van der Waals surface area (Å²) in [5.41, 5.74) is 9.47. The number of anilines is 1. The van der Waals surface area contributed by atoms with Gasteiger partial charge in [-0.3, -0.25) is 14.8 Å². The molecule has 0 atom stereocenters. The zero-order valence-electron chi connectivity index (χ0n) is 17.8. The quantitative estimate of drug-likeness (QED) is 0.455. The highest BCUT2D eigenvalue weighted by Gasteiger charge is 2.39. The number of aromatic amines is 1. The minimum Gasteiger partial charge on any atom is -0.384 e. The number of nitrogens with zero attached hydrogens (tertiary/aromatic N) is 5. The highest BCUT2D eigenvalue weighted by atomic mass is 16.5. The van der Waals surface area contributed by atoms with Crippen molar-refractivity contribution < 1.29 is 9.53 Å². The van der Waals surface area contributed by atoms with Crippen molar-refractivity contribution in [3.8, 4) is 11.3 Å². The molecule has 0 unspecified atom stereocenters. The van der Waals surface area contributed by atoms with Gasteiger partial charge in [0.1, 0.15) is 5.82 Å². The van der Waals surface area contributed by atoms with E-state index in [2.05, 4.69) is 20.1 Å². The molecule has 2 fully saturated rings. The van der Waals surface area contributed by atoms with Gasteiger partial charge in [-0.15, -0.1) is 0 Å². The van der Waals surface area contributed by atoms with E-state index < -0.39 is 0 Å². The Morgan fingerprint density at radius 2 is 2.10 bits per heavy atom. The molecule has 2 aliphatic rings. The lowest BCUT2D eigenvalue weighted by Crippen LogP contribution is -2.48. The van der Waals surface area contributed by atoms with Crippen LogP contribution in [-0.2, 0) is 9.53 Å². The minimum atomic E-state index is 0.290. The number of carbonyl (C=O) groups excluding carboxylic acids is 1. The van der Waals surface area contributed by atoms with Gasteiger partial charge in [-0.25, -0.2) is 4.98 Å². The molecule has 1 spiro atoms. The molecule has 0 radical (unpaired) electrons. The van der Waals surface area contributed by atoms with Gasteiger partial charge in [0.15, 0.2) is 5.82 Å². The summed E-state index contributed by atoms with van der Waals surface area (Å²) in [6.45, 7) is 7.26. The van der Waals surface area contributed by atoms with Crippen LogP contribution in [0.25, 0.3) is 11.3 Å². The number of pyridine rings is 1. The lowest BCUT2D eigenvalue weighted by molar-refractivity contribution is -0.114. The van der Waals surface area contributed by atoms with Gasteiger partial charge >= 0.3 is 0 Å². The number of carbonyl (C=O) groups is 1. The van der Waals surface area contributed by atoms with E-state index in [0.29, 0.717) is 17.6 Å². The number of piperidine rings is 1. The number of ether oxygens (including phenoxy) is 1. The van der Waals surface area contributed by atoms with Gasteiger partial charge in [0.2, 0.25) is 12.4 Å². The summed E-state index contributed by atoms with van der Waals surface area (Å²) in [6, 6.07) is 3.68. The number of aromatic nitrogens is 3. The molecule has 2 aromatic rings. The second kappa shape index (κ2) is 8.06. The maximum atomic E-state index is 11.6. The zero-order valence-corrected chi connectivity index (χ0v) is 17.8. The monoisotopic (exact) mass is 411 g/mol. The number of aryl methyl sites for hydroxylation is 1. The molecule has 4 heterocycles. The third-order valence-corrected chi connectivity index (χ3v) is 6.32. The predicted octanol–water partition coefficient (Wildman–Crippen LogP) is 2.25. The number of aliphatic imine (C=N–C) groups is 1. The Morgan fingerprint density at radius 3 is 2.73 bits per heavy atom. The van der Waals surface area contributed by atoms with Crippen molar-refractivity contribution in [2.24, 2.45) is 10.4 Å². The van der Waals surface area contributed by atoms with Crippen molar-refractivity contribution in [2.45, 2.75) is 33.1 Å². The summed E-state index contributed by atoms with van der Waals surface area (Å²) in [5.74, 6) is 1.74. The summed E-state index contributed by atoms with van der Waals surface area (Å²) in [4.78, 5) is 24.4. The van der Waals surface area contributed by atoms with Gasteiger partial charge in [0.05, 0.1) is 12.3 Å². The number of H-pyrrole nitrogens is 1. The van der Waals surface area contributed by atoms with Crippen LogP contribution in [0.2, 0.25) is 0 Å². The van der Waals surface area contributed by atoms with E-state index in [1.807, 2.05) is 19.9 Å². The number of nitrogen functional groups attached to an aromatic ring is 1. The molecule has 0 aliphatic carbocycles. The third kappa shape index (κ3) is 3.77. The highest BCUT2D eigenvalue weighted by Crippen LogP contribution is 2.39. The molecule has 2 aliphatic heterocycles. The minimum absolute atomic E-state index is 0.290. The van der Waals surface area contributed by atoms with Gasteiger partial charge in [0, 0.05) is 43.6 Å². The number of amides is 1. The second-order valence-electron chi connectivity index (χ2n) is 8.33. The Labute approximate surface area is 176 Å². The first-order valence-electron chi connectivity index (χ1n) is 10.3. The van der Waals surface area contributed by atoms with Crippen molar-refractivity contribution in [1.29, 1.82) is 0 Å². The van der Waals surface area contributed by atoms with Crippen molar-refractivity contribution >= 4 is 24.0 Å². The number of rotatable bonds is 3. The topological polar surface area (TPSA) is 113 Å². The van der Waals surface area contributed by atoms with Crippen LogP contribution in [0.3, 0.4) is 0 Å². The van der Waals surface area contributed by atoms with E-state index >= 15 is 0 Å². The summed E-state index contributed by atoms with van der Waals surface area (Å²) >= 11 is 0. The molecule has 3 N–H and O–H groups in total. The Bertz CT molecular complexity index is 952. The van der Waals surface area contributed by atoms with Crippen molar-refractivity contribution in [3.63, 3.8) is 0 Å². The van der Waals surface area contributed by atoms with Gasteiger partial charge in [-0.05, 0) is 50.7 Å². The number of likely N-dealkylation sites (tertiary alicyclic amines) is 1. The molecule has 0 aromatic carbocycles. The highest BCUT2D eigenvalue weighted by molar-refractivity contribution is 5.90. The average Bonchev–Trinajstić information content (AvgIpc) is 3.34. The van der Waals surface area contributed by atoms with Crippen molar-refractivity contribution in [2.75, 3.05) is 39.1 Å². The first-order chi connectivity index (χ1) is 14.4. The van der Waals surface area contributed by atoms with Crippen LogP contribution in [0.1, 0.15) is 30.5 Å². The lowest BCUT2D eigenvalue weighted by atomic mass is 9.78. The van der Waals surface area contributed by atoms with E-state index in [9.17, 15) is 4.79 Å². The van der Waals surface area contributed by atoms with Gasteiger partial charge in [-0.1, -0.05) is 0 Å². The maximum absolute atomic E-state index is 11.6. The molecule has 160 valence electrons. The fourth-order valence-corrected chi connectivity index (χ4v) is 4.34. The number of nitrogens with one attached hydrogen (secondary N) is 1. The summed E-state index contributed by atoms with van der Waals surface area (Å²) in [6.07, 6.45) is 4.00. The average molecular weight is 412 g/mol. The van der Waals surface area contributed by atoms with Crippen LogP contribution < -0.4 is 5.73 Å². The molecule has 1 amide bonds. The Hall–Kier alpha value is -2.94. The van der Waals surface area contributed by atoms with Crippen molar-refractivity contribution in [3.05, 3.63) is 23.4 Å². The molecule has 9 heteroatoms. The number of nitrogens with two attached hydrogens (primary N) is 1. The molecule has 9 nitrogen and oxygen atoms in total. The SMILES string of the molecule is Cc1nc(N)ccc1-c1n[nH]c(/N=C(\N(C)C=O)N2CCC3(CCOC3)CC2)c1C. The third-order valence-electron chi connectivity index (χ3n) is 6.32. The summed E-state index contributed by atoms with van der Waals surface area (Å²) in [5, 5.41) is 7.49.